The van der Waals surface area contributed by atoms with E-state index >= 15 is 0 Å². The van der Waals surface area contributed by atoms with Gasteiger partial charge in [-0.1, -0.05) is 53.6 Å². The third-order valence-corrected chi connectivity index (χ3v) is 10.7. The number of ether oxygens (including phenoxy) is 1. The van der Waals surface area contributed by atoms with Crippen LogP contribution in [0.5, 0.6) is 0 Å². The molecule has 0 saturated heterocycles. The Bertz CT molecular complexity index is 1800. The van der Waals surface area contributed by atoms with Crippen molar-refractivity contribution in [1.82, 2.24) is 41.6 Å². The molecule has 2 heterocycles. The first kappa shape index (κ1) is 33.2. The molecule has 0 aliphatic heterocycles. The summed E-state index contributed by atoms with van der Waals surface area (Å²) < 4.78 is 6.17. The molecule has 8 rings (SSSR count). The number of anilines is 1. The van der Waals surface area contributed by atoms with Crippen LogP contribution in [-0.2, 0) is 25.5 Å². The predicted molar refractivity (Wildman–Crippen MR) is 183 cm³/mol. The Balaban J connectivity index is 1.04. The van der Waals surface area contributed by atoms with E-state index in [-0.39, 0.29) is 43.8 Å². The number of rotatable bonds is 13. The average Bonchev–Trinajstić information content (AvgIpc) is 3.77. The van der Waals surface area contributed by atoms with Gasteiger partial charge in [0.1, 0.15) is 11.6 Å². The van der Waals surface area contributed by atoms with Crippen LogP contribution in [0.2, 0.25) is 0 Å². The second-order valence-corrected chi connectivity index (χ2v) is 14.3. The Morgan fingerprint density at radius 3 is 2.34 bits per heavy atom. The summed E-state index contributed by atoms with van der Waals surface area (Å²) in [5.74, 6) is 1.03. The number of aromatic nitrogens is 5. The summed E-state index contributed by atoms with van der Waals surface area (Å²) in [6, 6.07) is 16.5. The number of tetrazole rings is 1. The fraction of sp³-hybridized carbons (Fsp3) is 0.472. The van der Waals surface area contributed by atoms with Crippen molar-refractivity contribution in [1.29, 1.82) is 0 Å². The minimum Gasteiger partial charge on any atom is -0.446 e. The van der Waals surface area contributed by atoms with E-state index in [0.717, 1.165) is 59.5 Å². The van der Waals surface area contributed by atoms with E-state index in [4.69, 9.17) is 4.74 Å². The molecule has 6 N–H and O–H groups in total. The van der Waals surface area contributed by atoms with Gasteiger partial charge in [-0.2, -0.15) is 5.21 Å². The highest BCUT2D eigenvalue weighted by atomic mass is 16.6. The lowest BCUT2D eigenvalue weighted by atomic mass is 9.55. The highest BCUT2D eigenvalue weighted by Crippen LogP contribution is 2.54. The maximum Gasteiger partial charge on any atom is 0.408 e. The van der Waals surface area contributed by atoms with Crippen LogP contribution < -0.4 is 21.3 Å². The fourth-order valence-corrected chi connectivity index (χ4v) is 8.51. The molecule has 2 aromatic heterocycles. The molecule has 4 amide bonds. The van der Waals surface area contributed by atoms with Crippen LogP contribution in [0, 0.1) is 23.7 Å². The van der Waals surface area contributed by atoms with E-state index in [2.05, 4.69) is 46.9 Å². The first-order valence-corrected chi connectivity index (χ1v) is 17.4. The first-order valence-electron chi connectivity index (χ1n) is 17.4. The maximum atomic E-state index is 14.2. The molecule has 262 valence electrons. The number of fused-ring (bicyclic) bond motifs is 1. The van der Waals surface area contributed by atoms with E-state index < -0.39 is 29.5 Å². The number of nitrogens with zero attached hydrogens (tertiary/aromatic N) is 3. The molecule has 4 bridgehead atoms. The zero-order valence-electron chi connectivity index (χ0n) is 28.0. The quantitative estimate of drug-likeness (QED) is 0.122. The number of nitrogens with one attached hydrogen (secondary N) is 6. The minimum atomic E-state index is -1.38. The van der Waals surface area contributed by atoms with E-state index in [9.17, 15) is 19.2 Å². The summed E-state index contributed by atoms with van der Waals surface area (Å²) in [6.07, 6.45) is 6.87. The number of H-pyrrole nitrogens is 2. The van der Waals surface area contributed by atoms with Gasteiger partial charge in [0.15, 0.2) is 0 Å². The highest BCUT2D eigenvalue weighted by Gasteiger charge is 2.50. The summed E-state index contributed by atoms with van der Waals surface area (Å²) in [7, 11) is 0. The molecule has 4 aromatic rings. The van der Waals surface area contributed by atoms with Gasteiger partial charge in [0.05, 0.1) is 6.04 Å². The molecule has 0 radical (unpaired) electrons. The summed E-state index contributed by atoms with van der Waals surface area (Å²) in [6.45, 7) is 1.75. The number of aromatic amines is 2. The van der Waals surface area contributed by atoms with Crippen LogP contribution in [0.1, 0.15) is 69.0 Å². The van der Waals surface area contributed by atoms with Crippen molar-refractivity contribution >= 4 is 40.7 Å². The number of benzene rings is 2. The van der Waals surface area contributed by atoms with Crippen molar-refractivity contribution in [2.24, 2.45) is 23.7 Å². The van der Waals surface area contributed by atoms with Crippen molar-refractivity contribution in [2.45, 2.75) is 76.0 Å². The number of amides is 4. The second kappa shape index (κ2) is 14.3. The molecule has 14 heteroatoms. The summed E-state index contributed by atoms with van der Waals surface area (Å²) in [4.78, 5) is 56.4. The van der Waals surface area contributed by atoms with E-state index in [1.54, 1.807) is 6.92 Å². The largest absolute Gasteiger partial charge is 0.446 e. The molecule has 50 heavy (non-hydrogen) atoms. The molecule has 4 saturated carbocycles. The van der Waals surface area contributed by atoms with Crippen molar-refractivity contribution in [3.05, 3.63) is 71.9 Å². The van der Waals surface area contributed by atoms with Crippen LogP contribution in [0.3, 0.4) is 0 Å². The lowest BCUT2D eigenvalue weighted by Crippen LogP contribution is -2.60. The SMILES string of the molecule is C[C@](Cc1c[nH]c2ccccc12)(NC(=O)OC1C2CC3CC(C2)CC1C3)C(=O)NC[C@H](NC(=O)CCC(=O)Nc1nn[nH]n1)c1ccccc1. The number of carbonyl (C=O) groups is 4. The number of hydrogen-bond acceptors (Lipinski definition) is 8. The lowest BCUT2D eigenvalue weighted by molar-refractivity contribution is -0.128. The molecule has 2 atom stereocenters. The third kappa shape index (κ3) is 7.48. The van der Waals surface area contributed by atoms with E-state index in [1.165, 1.54) is 6.42 Å². The van der Waals surface area contributed by atoms with Gasteiger partial charge >= 0.3 is 6.09 Å². The summed E-state index contributed by atoms with van der Waals surface area (Å²) in [5, 5.41) is 25.3. The van der Waals surface area contributed by atoms with Crippen LogP contribution in [-0.4, -0.2) is 67.6 Å². The molecule has 2 aromatic carbocycles. The van der Waals surface area contributed by atoms with E-state index in [0.29, 0.717) is 11.8 Å². The monoisotopic (exact) mass is 681 g/mol. The van der Waals surface area contributed by atoms with Crippen LogP contribution in [0.25, 0.3) is 10.9 Å². The fourth-order valence-electron chi connectivity index (χ4n) is 8.51. The molecular formula is C36H43N9O5. The number of hydrogen-bond donors (Lipinski definition) is 6. The molecule has 0 spiro atoms. The Morgan fingerprint density at radius 1 is 0.920 bits per heavy atom. The van der Waals surface area contributed by atoms with Crippen molar-refractivity contribution in [3.63, 3.8) is 0 Å². The Kier molecular flexibility index (Phi) is 9.50. The van der Waals surface area contributed by atoms with Crippen LogP contribution >= 0.6 is 0 Å². The van der Waals surface area contributed by atoms with Crippen LogP contribution in [0.4, 0.5) is 10.7 Å². The smallest absolute Gasteiger partial charge is 0.408 e. The van der Waals surface area contributed by atoms with Crippen molar-refractivity contribution < 1.29 is 23.9 Å². The van der Waals surface area contributed by atoms with E-state index in [1.807, 2.05) is 60.8 Å². The second-order valence-electron chi connectivity index (χ2n) is 14.3. The zero-order valence-corrected chi connectivity index (χ0v) is 28.0. The van der Waals surface area contributed by atoms with Gasteiger partial charge in [-0.25, -0.2) is 4.79 Å². The topological polar surface area (TPSA) is 196 Å². The van der Waals surface area contributed by atoms with Gasteiger partial charge in [0.25, 0.3) is 5.95 Å². The number of para-hydroxylation sites is 1. The highest BCUT2D eigenvalue weighted by molar-refractivity contribution is 5.93. The Labute approximate surface area is 289 Å². The number of alkyl carbamates (subject to hydrolysis) is 1. The standard InChI is InChI=1S/C36H43N9O5/c1-36(18-26-19-37-28-10-6-5-9-27(26)28,41-35(49)50-32-24-14-21-13-22(16-24)17-25(32)15-21)33(48)38-20-29(23-7-3-2-4-8-23)39-30(46)11-12-31(47)40-34-42-44-45-43-34/h2-10,19,21-22,24-25,29,32,37H,11-18,20H2,1H3,(H,38,48)(H,39,46)(H,41,49)(H2,40,42,43,44,45,47)/t21?,22?,24?,25?,29-,32?,36+/m0/s1. The lowest BCUT2D eigenvalue weighted by Gasteiger charge is -2.53. The van der Waals surface area contributed by atoms with Gasteiger partial charge in [-0.3, -0.25) is 19.7 Å². The van der Waals surface area contributed by atoms with Gasteiger partial charge < -0.3 is 25.7 Å². The molecular weight excluding hydrogens is 638 g/mol. The molecule has 4 aliphatic carbocycles. The maximum absolute atomic E-state index is 14.2. The van der Waals surface area contributed by atoms with Crippen LogP contribution in [0.15, 0.2) is 60.8 Å². The molecule has 4 fully saturated rings. The third-order valence-electron chi connectivity index (χ3n) is 10.7. The predicted octanol–water partition coefficient (Wildman–Crippen LogP) is 3.93. The molecule has 14 nitrogen and oxygen atoms in total. The minimum absolute atomic E-state index is 0.0199. The van der Waals surface area contributed by atoms with Gasteiger partial charge in [-0.05, 0) is 85.1 Å². The van der Waals surface area contributed by atoms with Gasteiger partial charge in [-0.15, -0.1) is 5.10 Å². The average molecular weight is 682 g/mol. The Morgan fingerprint density at radius 2 is 1.62 bits per heavy atom. The molecule has 0 unspecified atom stereocenters. The summed E-state index contributed by atoms with van der Waals surface area (Å²) in [5.41, 5.74) is 1.19. The molecule has 4 aliphatic rings. The van der Waals surface area contributed by atoms with Crippen molar-refractivity contribution in [3.8, 4) is 0 Å². The van der Waals surface area contributed by atoms with Crippen molar-refractivity contribution in [2.75, 3.05) is 11.9 Å². The summed E-state index contributed by atoms with van der Waals surface area (Å²) >= 11 is 0. The first-order chi connectivity index (χ1) is 24.2. The number of carbonyl (C=O) groups excluding carboxylic acids is 4. The normalized spacial score (nSPS) is 23.8. The Hall–Kier alpha value is -5.27. The van der Waals surface area contributed by atoms with Gasteiger partial charge in [0, 0.05) is 42.9 Å². The zero-order chi connectivity index (χ0) is 34.7. The van der Waals surface area contributed by atoms with Gasteiger partial charge in [0.2, 0.25) is 17.7 Å².